The minimum Gasteiger partial charge on any atom is -0.398 e. The van der Waals surface area contributed by atoms with E-state index in [0.717, 1.165) is 117 Å². The van der Waals surface area contributed by atoms with Crippen LogP contribution < -0.4 is 33.6 Å². The van der Waals surface area contributed by atoms with E-state index in [-0.39, 0.29) is 32.0 Å². The van der Waals surface area contributed by atoms with E-state index in [9.17, 15) is 9.59 Å². The van der Waals surface area contributed by atoms with Crippen LogP contribution in [0.3, 0.4) is 0 Å². The Morgan fingerprint density at radius 2 is 0.883 bits per heavy atom. The molecule has 0 saturated carbocycles. The van der Waals surface area contributed by atoms with Crippen molar-refractivity contribution in [1.82, 2.24) is 141 Å². The van der Waals surface area contributed by atoms with Crippen molar-refractivity contribution in [3.05, 3.63) is 178 Å². The summed E-state index contributed by atoms with van der Waals surface area (Å²) in [6.07, 6.45) is 34.7. The molecule has 0 radical (unpaired) electrons. The van der Waals surface area contributed by atoms with Gasteiger partial charge in [-0.15, -0.1) is 35.0 Å². The quantitative estimate of drug-likeness (QED) is 0.0376. The van der Waals surface area contributed by atoms with Gasteiger partial charge in [0.25, 0.3) is 11.1 Å². The van der Waals surface area contributed by atoms with Crippen molar-refractivity contribution in [2.45, 2.75) is 231 Å². The van der Waals surface area contributed by atoms with Crippen molar-refractivity contribution in [3.8, 4) is 12.3 Å². The van der Waals surface area contributed by atoms with Crippen molar-refractivity contribution in [3.63, 3.8) is 0 Å². The molecule has 0 aliphatic carbocycles. The Morgan fingerprint density at radius 1 is 0.430 bits per heavy atom. The molecule has 0 unspecified atom stereocenters. The molecule has 128 heavy (non-hydrogen) atoms. The maximum atomic E-state index is 11.5. The van der Waals surface area contributed by atoms with E-state index in [1.807, 2.05) is 123 Å². The lowest BCUT2D eigenvalue weighted by Crippen LogP contribution is -2.11. The summed E-state index contributed by atoms with van der Waals surface area (Å²) in [4.78, 5) is 97.7. The number of H-pyrrole nitrogens is 2. The fraction of sp³-hybridized carbons (Fsp3) is 0.400. The summed E-state index contributed by atoms with van der Waals surface area (Å²) in [6.45, 7) is 45.1. The molecule has 18 rings (SSSR count). The highest BCUT2D eigenvalue weighted by Gasteiger charge is 2.20. The SMILES string of the molecule is C.C.C#Cc1cn(C(C)C)c2ncnc(N)c12.CC(C)n1ccc2c(N)ccnc21.CC(C)n1cnc2c(Cl)ccnc21.CNc1ccnc2c1ncn2C(C)C.CSc1ccnc2c1ncn2C(C)C.CSc1nc(C)nc2c1ncn2C(C)C.Cc1cn(C(C)C)c2ncnc(N)c12.Cc1nc2c(ccn2C(C)C)c(=O)[nH]1.Cc1nc2c(nnn2C(C)C)c(=O)[nH]1. The highest BCUT2D eigenvalue weighted by Crippen LogP contribution is 2.31. The van der Waals surface area contributed by atoms with E-state index in [1.165, 1.54) is 17.6 Å². The number of fused-ring (bicyclic) bond motifs is 9. The van der Waals surface area contributed by atoms with Crippen molar-refractivity contribution in [2.75, 3.05) is 42.1 Å². The van der Waals surface area contributed by atoms with Crippen molar-refractivity contribution >= 4 is 158 Å². The summed E-state index contributed by atoms with van der Waals surface area (Å²) < 4.78 is 18.1. The maximum Gasteiger partial charge on any atom is 0.281 e. The van der Waals surface area contributed by atoms with Crippen LogP contribution in [0.25, 0.3) is 100.0 Å². The van der Waals surface area contributed by atoms with Crippen LogP contribution in [0.1, 0.15) is 222 Å². The van der Waals surface area contributed by atoms with E-state index < -0.39 is 0 Å². The molecule has 0 spiro atoms. The van der Waals surface area contributed by atoms with Gasteiger partial charge < -0.3 is 69.0 Å². The number of hydrogen-bond acceptors (Lipinski definition) is 26. The molecule has 38 heteroatoms. The van der Waals surface area contributed by atoms with Crippen LogP contribution >= 0.6 is 35.1 Å². The predicted octanol–water partition coefficient (Wildman–Crippen LogP) is 18.9. The first-order valence-electron chi connectivity index (χ1n) is 41.3. The first-order valence-corrected chi connectivity index (χ1v) is 44.1. The zero-order valence-corrected chi connectivity index (χ0v) is 78.5. The third-order valence-corrected chi connectivity index (χ3v) is 21.6. The van der Waals surface area contributed by atoms with E-state index in [4.69, 9.17) is 35.2 Å². The fourth-order valence-corrected chi connectivity index (χ4v) is 14.7. The number of aromatic nitrogens is 29. The molecule has 35 nitrogen and oxygen atoms in total. The van der Waals surface area contributed by atoms with Crippen LogP contribution in [-0.4, -0.2) is 161 Å². The highest BCUT2D eigenvalue weighted by atomic mass is 35.5. The topological polar surface area (TPSA) is 432 Å². The van der Waals surface area contributed by atoms with Gasteiger partial charge in [-0.2, -0.15) is 0 Å². The minimum absolute atomic E-state index is 0. The van der Waals surface area contributed by atoms with Gasteiger partial charge in [-0.1, -0.05) is 37.6 Å². The van der Waals surface area contributed by atoms with Gasteiger partial charge in [-0.05, 0) is 207 Å². The van der Waals surface area contributed by atoms with E-state index in [2.05, 4.69) is 257 Å². The van der Waals surface area contributed by atoms with E-state index in [1.54, 1.807) is 79.1 Å². The average molecular weight is 1800 g/mol. The summed E-state index contributed by atoms with van der Waals surface area (Å²) in [5.41, 5.74) is 32.4. The Hall–Kier alpha value is -13.2. The van der Waals surface area contributed by atoms with Crippen LogP contribution in [0.2, 0.25) is 5.02 Å². The first-order chi connectivity index (χ1) is 59.9. The number of halogens is 1. The lowest BCUT2D eigenvalue weighted by atomic mass is 10.2. The molecule has 0 saturated heterocycles. The first kappa shape index (κ1) is 100. The van der Waals surface area contributed by atoms with Gasteiger partial charge in [0.15, 0.2) is 33.8 Å². The average Bonchev–Trinajstić information content (AvgIpc) is 1.63. The fourth-order valence-electron chi connectivity index (χ4n) is 13.4. The van der Waals surface area contributed by atoms with Crippen molar-refractivity contribution < 1.29 is 0 Å². The Morgan fingerprint density at radius 3 is 1.42 bits per heavy atom. The summed E-state index contributed by atoms with van der Waals surface area (Å²) >= 11 is 9.28. The number of anilines is 4. The molecule has 18 heterocycles. The summed E-state index contributed by atoms with van der Waals surface area (Å²) in [5, 5.41) is 15.8. The normalized spacial score (nSPS) is 11.1. The third-order valence-electron chi connectivity index (χ3n) is 19.8. The Bertz CT molecular complexity index is 6650. The van der Waals surface area contributed by atoms with E-state index >= 15 is 0 Å². The van der Waals surface area contributed by atoms with Gasteiger partial charge in [0, 0.05) is 121 Å². The molecule has 0 aromatic carbocycles. The molecule has 0 aliphatic rings. The zero-order chi connectivity index (χ0) is 92.0. The predicted molar refractivity (Wildman–Crippen MR) is 524 cm³/mol. The van der Waals surface area contributed by atoms with Gasteiger partial charge in [0.05, 0.1) is 63.8 Å². The number of thioether (sulfide) groups is 2. The van der Waals surface area contributed by atoms with Gasteiger partial charge in [-0.3, -0.25) is 9.59 Å². The number of imidazole rings is 4. The lowest BCUT2D eigenvalue weighted by molar-refractivity contribution is 0.526. The third kappa shape index (κ3) is 22.6. The number of nitrogens with two attached hydrogens (primary N) is 3. The van der Waals surface area contributed by atoms with Gasteiger partial charge in [0.2, 0.25) is 0 Å². The Balaban J connectivity index is 0.000000178. The number of aryl methyl sites for hydroxylation is 4. The minimum atomic E-state index is -0.237. The molecule has 0 fully saturated rings. The lowest BCUT2D eigenvalue weighted by Gasteiger charge is -2.07. The van der Waals surface area contributed by atoms with E-state index in [0.29, 0.717) is 93.2 Å². The number of nitrogens with zero attached hydrogens (tertiary/aromatic N) is 27. The van der Waals surface area contributed by atoms with Crippen LogP contribution in [0, 0.1) is 40.0 Å². The number of pyridine rings is 4. The van der Waals surface area contributed by atoms with Gasteiger partial charge >= 0.3 is 0 Å². The summed E-state index contributed by atoms with van der Waals surface area (Å²) in [5.74, 6) is 5.64. The Labute approximate surface area is 758 Å². The standard InChI is InChI=1S/C11H12N4.C10H14N4S.2C10H14N4.C10H13N3O.C10H13N3S.C10H13N3.C9H10ClN3.C8H11N5O.2CH4/c1-4-8-5-15(7(2)3)11-9(8)10(12)13-6-14-11;1-6(2)14-5-11-8-9(14)12-7(3)13-10(8)15-4;1-6(2)14-4-7(3)8-9(11)12-5-13-10(8)14;1-7(2)14-6-13-9-8(11-3)4-5-12-10(9)14;1-6(2)13-5-4-8-9(13)11-7(3)12-10(8)14;1-7(2)13-6-12-9-8(14-3)4-5-11-10(9)13;1-7(2)13-6-4-8-9(11)3-5-12-10(8)13;1-6(2)13-5-12-8-7(10)3-4-11-9(8)13;1-4(2)13-7-6(11-12-13)8(14)10-5(3)9-7;;/h1,5-7H,2-3H3,(H2,12,13,14);5-6H,1-4H3;4-6H,1-3H3,(H2,11,12,13);4-7H,1-3H3,(H,11,12);4-6H,1-3H3,(H,11,12,14);4-7H,1-3H3;3-7H,1-2H3,(H2,11,12);3-6H,1-2H3;4H,1-3H3,(H,9,10,14);2*1H4. The van der Waals surface area contributed by atoms with Crippen LogP contribution in [0.15, 0.2) is 143 Å². The highest BCUT2D eigenvalue weighted by molar-refractivity contribution is 7.99. The summed E-state index contributed by atoms with van der Waals surface area (Å²) in [6, 6.07) is 14.4. The van der Waals surface area contributed by atoms with Crippen molar-refractivity contribution in [2.24, 2.45) is 0 Å². The smallest absolute Gasteiger partial charge is 0.281 e. The zero-order valence-electron chi connectivity index (χ0n) is 76.1. The van der Waals surface area contributed by atoms with Crippen LogP contribution in [0.5, 0.6) is 0 Å². The molecule has 18 aromatic rings. The van der Waals surface area contributed by atoms with Crippen molar-refractivity contribution in [1.29, 1.82) is 0 Å². The molecule has 9 N–H and O–H groups in total. The molecule has 18 aromatic heterocycles. The molecular weight excluding hydrogens is 1670 g/mol. The number of nitrogens with one attached hydrogen (secondary N) is 3. The Kier molecular flexibility index (Phi) is 34.7. The second kappa shape index (κ2) is 44.3. The number of rotatable bonds is 12. The molecule has 0 amide bonds. The number of aromatic amines is 2. The second-order valence-corrected chi connectivity index (χ2v) is 33.9. The molecule has 0 aliphatic heterocycles. The monoisotopic (exact) mass is 1800 g/mol. The van der Waals surface area contributed by atoms with Crippen LogP contribution in [0.4, 0.5) is 23.0 Å². The molecular formula is C90H122ClN33O2S2. The molecule has 0 atom stereocenters. The maximum absolute atomic E-state index is 11.5. The summed E-state index contributed by atoms with van der Waals surface area (Å²) in [7, 11) is 1.89. The number of terminal acetylenes is 1. The van der Waals surface area contributed by atoms with Crippen LogP contribution in [-0.2, 0) is 0 Å². The van der Waals surface area contributed by atoms with Gasteiger partial charge in [-0.25, -0.2) is 84.4 Å². The molecule has 678 valence electrons. The second-order valence-electron chi connectivity index (χ2n) is 31.9. The number of hydrogen-bond donors (Lipinski definition) is 6. The number of nitrogen functional groups attached to an aromatic ring is 3. The van der Waals surface area contributed by atoms with Gasteiger partial charge in [0.1, 0.15) is 91.4 Å². The molecule has 0 bridgehead atoms. The largest absolute Gasteiger partial charge is 0.398 e.